The zero-order valence-electron chi connectivity index (χ0n) is 15.2. The second kappa shape index (κ2) is 9.62. The second-order valence-electron chi connectivity index (χ2n) is 6.68. The largest absolute Gasteiger partial charge is 0.487 e. The Morgan fingerprint density at radius 3 is 2.80 bits per heavy atom. The first kappa shape index (κ1) is 20.3. The third-order valence-corrected chi connectivity index (χ3v) is 4.93. The second-order valence-corrected chi connectivity index (χ2v) is 6.68. The molecule has 0 amide bonds. The van der Waals surface area contributed by atoms with Crippen molar-refractivity contribution in [2.24, 2.45) is 4.99 Å². The summed E-state index contributed by atoms with van der Waals surface area (Å²) in [5, 5.41) is 6.97. The van der Waals surface area contributed by atoms with Crippen LogP contribution in [0.25, 0.3) is 0 Å². The Hall–Kier alpha value is -1.02. The van der Waals surface area contributed by atoms with Crippen LogP contribution in [0.3, 0.4) is 0 Å². The summed E-state index contributed by atoms with van der Waals surface area (Å²) < 4.78 is 11.5. The number of para-hydroxylation sites is 1. The van der Waals surface area contributed by atoms with Gasteiger partial charge in [-0.05, 0) is 38.7 Å². The van der Waals surface area contributed by atoms with Crippen molar-refractivity contribution in [2.75, 3.05) is 26.8 Å². The molecule has 1 aliphatic heterocycles. The fourth-order valence-corrected chi connectivity index (χ4v) is 3.81. The highest BCUT2D eigenvalue weighted by Crippen LogP contribution is 2.46. The number of methoxy groups -OCH3 is 1. The molecule has 0 radical (unpaired) electrons. The summed E-state index contributed by atoms with van der Waals surface area (Å²) in [6.07, 6.45) is 5.82. The van der Waals surface area contributed by atoms with E-state index in [1.165, 1.54) is 18.4 Å². The Morgan fingerprint density at radius 1 is 1.32 bits per heavy atom. The predicted octanol–water partition coefficient (Wildman–Crippen LogP) is 3.64. The number of nitrogens with one attached hydrogen (secondary N) is 2. The van der Waals surface area contributed by atoms with Gasteiger partial charge < -0.3 is 20.1 Å². The minimum absolute atomic E-state index is 0. The van der Waals surface area contributed by atoms with Crippen LogP contribution in [0.15, 0.2) is 29.3 Å². The number of rotatable bonds is 5. The van der Waals surface area contributed by atoms with Gasteiger partial charge in [0.05, 0.1) is 19.2 Å². The maximum absolute atomic E-state index is 6.43. The van der Waals surface area contributed by atoms with E-state index in [1.807, 2.05) is 0 Å². The van der Waals surface area contributed by atoms with Crippen LogP contribution in [-0.4, -0.2) is 38.4 Å². The highest BCUT2D eigenvalue weighted by Gasteiger charge is 2.43. The van der Waals surface area contributed by atoms with Crippen LogP contribution in [-0.2, 0) is 4.74 Å². The quantitative estimate of drug-likeness (QED) is 0.306. The molecule has 1 aromatic carbocycles. The zero-order valence-corrected chi connectivity index (χ0v) is 17.5. The number of halogens is 1. The number of fused-ring (bicyclic) bond motifs is 1. The highest BCUT2D eigenvalue weighted by atomic mass is 127. The molecule has 2 N–H and O–H groups in total. The number of hydrogen-bond donors (Lipinski definition) is 2. The lowest BCUT2D eigenvalue weighted by atomic mass is 9.86. The minimum atomic E-state index is -0.00409. The van der Waals surface area contributed by atoms with Crippen LogP contribution in [0.5, 0.6) is 5.75 Å². The summed E-state index contributed by atoms with van der Waals surface area (Å²) in [4.78, 5) is 4.61. The van der Waals surface area contributed by atoms with Crippen LogP contribution in [0.1, 0.15) is 50.6 Å². The van der Waals surface area contributed by atoms with E-state index in [1.54, 1.807) is 7.11 Å². The van der Waals surface area contributed by atoms with E-state index in [9.17, 15) is 0 Å². The molecule has 0 bridgehead atoms. The van der Waals surface area contributed by atoms with E-state index in [4.69, 9.17) is 9.47 Å². The molecule has 1 aromatic rings. The number of guanidine groups is 1. The summed E-state index contributed by atoms with van der Waals surface area (Å²) >= 11 is 0. The van der Waals surface area contributed by atoms with E-state index in [-0.39, 0.29) is 35.6 Å². The first-order chi connectivity index (χ1) is 11.8. The van der Waals surface area contributed by atoms with E-state index < -0.39 is 0 Å². The molecule has 1 atom stereocenters. The molecule has 1 fully saturated rings. The highest BCUT2D eigenvalue weighted by molar-refractivity contribution is 14.0. The van der Waals surface area contributed by atoms with Gasteiger partial charge in [-0.15, -0.1) is 24.0 Å². The van der Waals surface area contributed by atoms with Gasteiger partial charge in [0.25, 0.3) is 0 Å². The Kier molecular flexibility index (Phi) is 7.81. The van der Waals surface area contributed by atoms with Crippen molar-refractivity contribution in [1.82, 2.24) is 10.6 Å². The van der Waals surface area contributed by atoms with E-state index >= 15 is 0 Å². The van der Waals surface area contributed by atoms with Crippen LogP contribution in [0.4, 0.5) is 0 Å². The Bertz CT molecular complexity index is 574. The summed E-state index contributed by atoms with van der Waals surface area (Å²) in [6.45, 7) is 4.21. The Labute approximate surface area is 168 Å². The number of benzene rings is 1. The molecule has 6 heteroatoms. The predicted molar refractivity (Wildman–Crippen MR) is 112 cm³/mol. The Balaban J connectivity index is 0.00000225. The van der Waals surface area contributed by atoms with Crippen molar-refractivity contribution in [2.45, 2.75) is 50.7 Å². The maximum atomic E-state index is 6.43. The molecule has 1 aliphatic carbocycles. The van der Waals surface area contributed by atoms with Crippen LogP contribution in [0, 0.1) is 0 Å². The molecular weight excluding hydrogens is 429 g/mol. The lowest BCUT2D eigenvalue weighted by Gasteiger charge is -2.40. The summed E-state index contributed by atoms with van der Waals surface area (Å²) in [7, 11) is 1.70. The van der Waals surface area contributed by atoms with Crippen LogP contribution < -0.4 is 15.4 Å². The smallest absolute Gasteiger partial charge is 0.191 e. The van der Waals surface area contributed by atoms with Gasteiger partial charge in [0.15, 0.2) is 5.96 Å². The number of nitrogens with zero attached hydrogens (tertiary/aromatic N) is 1. The van der Waals surface area contributed by atoms with Crippen molar-refractivity contribution in [3.63, 3.8) is 0 Å². The molecule has 1 spiro atoms. The van der Waals surface area contributed by atoms with E-state index in [2.05, 4.69) is 46.8 Å². The molecule has 3 rings (SSSR count). The van der Waals surface area contributed by atoms with Gasteiger partial charge in [-0.25, -0.2) is 0 Å². The molecule has 1 heterocycles. The number of aliphatic imine (C=N–C) groups is 1. The maximum Gasteiger partial charge on any atom is 0.191 e. The fraction of sp³-hybridized carbons (Fsp3) is 0.632. The molecule has 1 unspecified atom stereocenters. The molecular formula is C19H30IN3O2. The van der Waals surface area contributed by atoms with E-state index in [0.29, 0.717) is 13.2 Å². The molecule has 5 nitrogen and oxygen atoms in total. The van der Waals surface area contributed by atoms with Gasteiger partial charge in [-0.3, -0.25) is 4.99 Å². The third-order valence-electron chi connectivity index (χ3n) is 4.93. The standard InChI is InChI=1S/C19H29N3O2.HI/c1-3-20-18(21-12-13-23-2)22-16-14-19(10-6-7-11-19)24-17-9-5-4-8-15(16)17;/h4-5,8-9,16H,3,6-7,10-14H2,1-2H3,(H2,20,21,22);1H. The molecule has 1 saturated carbocycles. The van der Waals surface area contributed by atoms with Crippen molar-refractivity contribution in [3.8, 4) is 5.75 Å². The molecule has 140 valence electrons. The average molecular weight is 459 g/mol. The monoisotopic (exact) mass is 459 g/mol. The summed E-state index contributed by atoms with van der Waals surface area (Å²) in [5.74, 6) is 1.88. The van der Waals surface area contributed by atoms with Crippen molar-refractivity contribution in [3.05, 3.63) is 29.8 Å². The van der Waals surface area contributed by atoms with Crippen LogP contribution in [0.2, 0.25) is 0 Å². The topological polar surface area (TPSA) is 54.9 Å². The first-order valence-corrected chi connectivity index (χ1v) is 9.08. The van der Waals surface area contributed by atoms with Gasteiger partial charge in [0.2, 0.25) is 0 Å². The van der Waals surface area contributed by atoms with Gasteiger partial charge in [-0.2, -0.15) is 0 Å². The summed E-state index contributed by atoms with van der Waals surface area (Å²) in [6, 6.07) is 8.62. The average Bonchev–Trinajstić information content (AvgIpc) is 3.02. The number of hydrogen-bond acceptors (Lipinski definition) is 3. The SMILES string of the molecule is CCNC(=NCCOC)NC1CC2(CCCC2)Oc2ccccc21.I. The first-order valence-electron chi connectivity index (χ1n) is 9.08. The minimum Gasteiger partial charge on any atom is -0.487 e. The lowest BCUT2D eigenvalue weighted by molar-refractivity contribution is 0.0396. The van der Waals surface area contributed by atoms with Crippen molar-refractivity contribution >= 4 is 29.9 Å². The zero-order chi connectivity index (χ0) is 16.8. The van der Waals surface area contributed by atoms with Gasteiger partial charge in [0.1, 0.15) is 11.4 Å². The van der Waals surface area contributed by atoms with Gasteiger partial charge >= 0.3 is 0 Å². The normalized spacial score (nSPS) is 21.2. The van der Waals surface area contributed by atoms with Gasteiger partial charge in [-0.1, -0.05) is 18.2 Å². The van der Waals surface area contributed by atoms with E-state index in [0.717, 1.165) is 37.5 Å². The molecule has 2 aliphatic rings. The lowest BCUT2D eigenvalue weighted by Crippen LogP contribution is -2.46. The summed E-state index contributed by atoms with van der Waals surface area (Å²) in [5.41, 5.74) is 1.22. The van der Waals surface area contributed by atoms with Crippen molar-refractivity contribution in [1.29, 1.82) is 0 Å². The number of ether oxygens (including phenoxy) is 2. The van der Waals surface area contributed by atoms with Crippen molar-refractivity contribution < 1.29 is 9.47 Å². The fourth-order valence-electron chi connectivity index (χ4n) is 3.81. The molecule has 25 heavy (non-hydrogen) atoms. The molecule has 0 aromatic heterocycles. The molecule has 0 saturated heterocycles. The Morgan fingerprint density at radius 2 is 2.08 bits per heavy atom. The van der Waals surface area contributed by atoms with Gasteiger partial charge in [0, 0.05) is 25.6 Å². The third kappa shape index (κ3) is 5.00. The van der Waals surface area contributed by atoms with Crippen LogP contribution >= 0.6 is 24.0 Å².